The first-order valence-electron chi connectivity index (χ1n) is 6.27. The van der Waals surface area contributed by atoms with Crippen molar-refractivity contribution in [3.63, 3.8) is 0 Å². The first-order valence-corrected chi connectivity index (χ1v) is 7.15. The third-order valence-corrected chi connectivity index (χ3v) is 3.71. The molecule has 2 heterocycles. The van der Waals surface area contributed by atoms with Crippen molar-refractivity contribution >= 4 is 28.8 Å². The van der Waals surface area contributed by atoms with E-state index in [1.807, 2.05) is 12.3 Å². The van der Waals surface area contributed by atoms with E-state index in [4.69, 9.17) is 0 Å². The fourth-order valence-electron chi connectivity index (χ4n) is 1.90. The van der Waals surface area contributed by atoms with E-state index in [1.54, 1.807) is 11.9 Å². The van der Waals surface area contributed by atoms with E-state index in [9.17, 15) is 14.9 Å². The molecular formula is C13H14N4O4S. The first-order chi connectivity index (χ1) is 10.4. The number of pyridine rings is 1. The number of anilines is 1. The molecule has 0 fully saturated rings. The first kappa shape index (κ1) is 15.8. The Morgan fingerprint density at radius 1 is 1.55 bits per heavy atom. The lowest BCUT2D eigenvalue weighted by molar-refractivity contribution is -0.384. The smallest absolute Gasteiger partial charge is 0.339 e. The lowest BCUT2D eigenvalue weighted by atomic mass is 10.2. The van der Waals surface area contributed by atoms with Crippen LogP contribution in [0.5, 0.6) is 0 Å². The Morgan fingerprint density at radius 3 is 2.82 bits per heavy atom. The highest BCUT2D eigenvalue weighted by Gasteiger charge is 2.22. The van der Waals surface area contributed by atoms with Crippen molar-refractivity contribution in [1.29, 1.82) is 0 Å². The number of nitrogens with zero attached hydrogens (tertiary/aromatic N) is 4. The van der Waals surface area contributed by atoms with Crippen molar-refractivity contribution in [2.24, 2.45) is 0 Å². The molecule has 116 valence electrons. The molecule has 0 atom stereocenters. The van der Waals surface area contributed by atoms with Crippen LogP contribution in [0.4, 0.5) is 11.5 Å². The van der Waals surface area contributed by atoms with Gasteiger partial charge >= 0.3 is 11.7 Å². The summed E-state index contributed by atoms with van der Waals surface area (Å²) in [6.45, 7) is 2.27. The van der Waals surface area contributed by atoms with Crippen molar-refractivity contribution in [3.8, 4) is 0 Å². The van der Waals surface area contributed by atoms with Crippen LogP contribution in [-0.4, -0.2) is 35.0 Å². The van der Waals surface area contributed by atoms with Gasteiger partial charge in [-0.25, -0.2) is 14.8 Å². The number of methoxy groups -OCH3 is 1. The summed E-state index contributed by atoms with van der Waals surface area (Å²) in [6.07, 6.45) is 1.26. The highest BCUT2D eigenvalue weighted by Crippen LogP contribution is 2.27. The lowest BCUT2D eigenvalue weighted by Crippen LogP contribution is -2.20. The number of hydrogen-bond acceptors (Lipinski definition) is 8. The second-order valence-electron chi connectivity index (χ2n) is 4.53. The number of carbonyl (C=O) groups excluding carboxylic acids is 1. The zero-order chi connectivity index (χ0) is 16.3. The number of rotatable bonds is 5. The number of ether oxygens (including phenoxy) is 1. The monoisotopic (exact) mass is 322 g/mol. The van der Waals surface area contributed by atoms with E-state index in [0.717, 1.165) is 16.8 Å². The van der Waals surface area contributed by atoms with Gasteiger partial charge in [-0.05, 0) is 6.92 Å². The molecule has 8 nitrogen and oxygen atoms in total. The molecule has 0 spiro atoms. The Morgan fingerprint density at radius 2 is 2.27 bits per heavy atom. The second-order valence-corrected chi connectivity index (χ2v) is 5.59. The van der Waals surface area contributed by atoms with Crippen LogP contribution < -0.4 is 4.90 Å². The van der Waals surface area contributed by atoms with Gasteiger partial charge in [-0.3, -0.25) is 10.1 Å². The van der Waals surface area contributed by atoms with Gasteiger partial charge < -0.3 is 9.64 Å². The predicted molar refractivity (Wildman–Crippen MR) is 81.2 cm³/mol. The van der Waals surface area contributed by atoms with Crippen molar-refractivity contribution < 1.29 is 14.5 Å². The van der Waals surface area contributed by atoms with E-state index in [-0.39, 0.29) is 17.1 Å². The van der Waals surface area contributed by atoms with Crippen LogP contribution >= 0.6 is 11.3 Å². The van der Waals surface area contributed by atoms with Crippen LogP contribution in [0.2, 0.25) is 0 Å². The van der Waals surface area contributed by atoms with Gasteiger partial charge in [0.15, 0.2) is 0 Å². The Balaban J connectivity index is 2.32. The zero-order valence-electron chi connectivity index (χ0n) is 12.3. The molecule has 2 aromatic heterocycles. The zero-order valence-corrected chi connectivity index (χ0v) is 13.1. The van der Waals surface area contributed by atoms with Crippen LogP contribution in [0.3, 0.4) is 0 Å². The van der Waals surface area contributed by atoms with Gasteiger partial charge in [0, 0.05) is 24.7 Å². The van der Waals surface area contributed by atoms with Crippen molar-refractivity contribution in [1.82, 2.24) is 9.97 Å². The topological polar surface area (TPSA) is 98.5 Å². The SMILES string of the molecule is COC(=O)c1cnc(N(C)Cc2csc(C)n2)c([N+](=O)[O-])c1. The van der Waals surface area contributed by atoms with Crippen LogP contribution in [0.15, 0.2) is 17.6 Å². The predicted octanol–water partition coefficient (Wildman–Crippen LogP) is 2.18. The van der Waals surface area contributed by atoms with Crippen LogP contribution in [-0.2, 0) is 11.3 Å². The summed E-state index contributed by atoms with van der Waals surface area (Å²) in [5.74, 6) is -0.497. The Labute approximate surface area is 130 Å². The molecule has 0 aliphatic rings. The van der Waals surface area contributed by atoms with Crippen molar-refractivity contribution in [2.45, 2.75) is 13.5 Å². The summed E-state index contributed by atoms with van der Waals surface area (Å²) < 4.78 is 4.55. The molecule has 2 aromatic rings. The summed E-state index contributed by atoms with van der Waals surface area (Å²) in [6, 6.07) is 1.16. The number of hydrogen-bond donors (Lipinski definition) is 0. The Bertz CT molecular complexity index is 716. The minimum Gasteiger partial charge on any atom is -0.465 e. The van der Waals surface area contributed by atoms with Gasteiger partial charge in [0.2, 0.25) is 5.82 Å². The van der Waals surface area contributed by atoms with Crippen LogP contribution in [0.1, 0.15) is 21.1 Å². The Hall–Kier alpha value is -2.55. The minimum absolute atomic E-state index is 0.0378. The highest BCUT2D eigenvalue weighted by atomic mass is 32.1. The molecule has 2 rings (SSSR count). The van der Waals surface area contributed by atoms with E-state index >= 15 is 0 Å². The van der Waals surface area contributed by atoms with Gasteiger partial charge in [-0.2, -0.15) is 0 Å². The molecule has 0 amide bonds. The fourth-order valence-corrected chi connectivity index (χ4v) is 2.51. The summed E-state index contributed by atoms with van der Waals surface area (Å²) >= 11 is 1.51. The molecular weight excluding hydrogens is 308 g/mol. The number of aromatic nitrogens is 2. The summed E-state index contributed by atoms with van der Waals surface area (Å²) in [5, 5.41) is 14.0. The molecule has 0 bridgehead atoms. The van der Waals surface area contributed by atoms with Gasteiger partial charge in [-0.1, -0.05) is 0 Å². The highest BCUT2D eigenvalue weighted by molar-refractivity contribution is 7.09. The summed E-state index contributed by atoms with van der Waals surface area (Å²) in [7, 11) is 2.89. The van der Waals surface area contributed by atoms with Crippen molar-refractivity contribution in [3.05, 3.63) is 44.0 Å². The normalized spacial score (nSPS) is 10.3. The molecule has 0 saturated heterocycles. The van der Waals surface area contributed by atoms with Crippen LogP contribution in [0, 0.1) is 17.0 Å². The minimum atomic E-state index is -0.667. The van der Waals surface area contributed by atoms with Gasteiger partial charge in [0.25, 0.3) is 0 Å². The van der Waals surface area contributed by atoms with Crippen LogP contribution in [0.25, 0.3) is 0 Å². The number of carbonyl (C=O) groups is 1. The molecule has 0 saturated carbocycles. The second kappa shape index (κ2) is 6.48. The maximum atomic E-state index is 11.5. The maximum Gasteiger partial charge on any atom is 0.339 e. The van der Waals surface area contributed by atoms with E-state index < -0.39 is 10.9 Å². The van der Waals surface area contributed by atoms with Gasteiger partial charge in [0.05, 0.1) is 34.8 Å². The Kier molecular flexibility index (Phi) is 4.66. The third kappa shape index (κ3) is 3.37. The average molecular weight is 322 g/mol. The number of thiazole rings is 1. The standard InChI is InChI=1S/C13H14N4O4S/c1-8-15-10(7-22-8)6-16(2)12-11(17(19)20)4-9(5-14-12)13(18)21-3/h4-5,7H,6H2,1-3H3. The van der Waals surface area contributed by atoms with E-state index in [0.29, 0.717) is 6.54 Å². The molecule has 22 heavy (non-hydrogen) atoms. The average Bonchev–Trinajstić information content (AvgIpc) is 2.90. The molecule has 9 heteroatoms. The number of aryl methyl sites for hydroxylation is 1. The largest absolute Gasteiger partial charge is 0.465 e. The van der Waals surface area contributed by atoms with Gasteiger partial charge in [0.1, 0.15) is 0 Å². The molecule has 0 unspecified atom stereocenters. The molecule has 0 aliphatic carbocycles. The van der Waals surface area contributed by atoms with E-state index in [2.05, 4.69) is 14.7 Å². The fraction of sp³-hybridized carbons (Fsp3) is 0.308. The van der Waals surface area contributed by atoms with Gasteiger partial charge in [-0.15, -0.1) is 11.3 Å². The molecule has 0 N–H and O–H groups in total. The quantitative estimate of drug-likeness (QED) is 0.472. The third-order valence-electron chi connectivity index (χ3n) is 2.89. The lowest BCUT2D eigenvalue weighted by Gasteiger charge is -2.16. The van der Waals surface area contributed by atoms with E-state index in [1.165, 1.54) is 24.6 Å². The molecule has 0 aliphatic heterocycles. The molecule has 0 aromatic carbocycles. The summed E-state index contributed by atoms with van der Waals surface area (Å²) in [5.41, 5.74) is 0.589. The summed E-state index contributed by atoms with van der Waals surface area (Å²) in [4.78, 5) is 32.1. The number of esters is 1. The van der Waals surface area contributed by atoms with Crippen molar-refractivity contribution in [2.75, 3.05) is 19.1 Å². The maximum absolute atomic E-state index is 11.5. The number of nitro groups is 1. The molecule has 0 radical (unpaired) electrons.